The summed E-state index contributed by atoms with van der Waals surface area (Å²) in [5, 5.41) is 40.0. The summed E-state index contributed by atoms with van der Waals surface area (Å²) in [5.41, 5.74) is -0.377. The molecule has 5 atom stereocenters. The maximum absolute atomic E-state index is 12.4. The van der Waals surface area contributed by atoms with Crippen LogP contribution < -0.4 is 0 Å². The van der Waals surface area contributed by atoms with Crippen LogP contribution in [0.5, 0.6) is 0 Å². The van der Waals surface area contributed by atoms with Gasteiger partial charge in [0.15, 0.2) is 5.78 Å². The molecule has 0 bridgehead atoms. The van der Waals surface area contributed by atoms with E-state index >= 15 is 0 Å². The van der Waals surface area contributed by atoms with E-state index < -0.39 is 36.4 Å². The van der Waals surface area contributed by atoms with Gasteiger partial charge in [0.25, 0.3) is 0 Å². The molecule has 142 valence electrons. The van der Waals surface area contributed by atoms with Gasteiger partial charge in [-0.25, -0.2) is 0 Å². The zero-order chi connectivity index (χ0) is 18.9. The molecule has 8 heteroatoms. The van der Waals surface area contributed by atoms with Crippen molar-refractivity contribution in [3.05, 3.63) is 11.3 Å². The van der Waals surface area contributed by atoms with Crippen molar-refractivity contribution in [1.82, 2.24) is 0 Å². The zero-order valence-electron chi connectivity index (χ0n) is 15.0. The molecular formula is C17H27NO6S. The fourth-order valence-electron chi connectivity index (χ4n) is 3.39. The highest BCUT2D eigenvalue weighted by Crippen LogP contribution is 2.37. The third-order valence-corrected chi connectivity index (χ3v) is 5.49. The highest BCUT2D eigenvalue weighted by molar-refractivity contribution is 7.99. The second kappa shape index (κ2) is 7.75. The Morgan fingerprint density at radius 2 is 1.96 bits per heavy atom. The van der Waals surface area contributed by atoms with E-state index in [1.807, 2.05) is 13.8 Å². The molecule has 0 aromatic rings. The third-order valence-electron chi connectivity index (χ3n) is 4.64. The van der Waals surface area contributed by atoms with Crippen LogP contribution in [0, 0.1) is 5.41 Å². The molecule has 1 aliphatic carbocycles. The van der Waals surface area contributed by atoms with Crippen molar-refractivity contribution >= 4 is 23.3 Å². The van der Waals surface area contributed by atoms with E-state index in [-0.39, 0.29) is 22.5 Å². The molecule has 0 aromatic heterocycles. The zero-order valence-corrected chi connectivity index (χ0v) is 15.8. The van der Waals surface area contributed by atoms with Crippen molar-refractivity contribution in [1.29, 1.82) is 0 Å². The Labute approximate surface area is 151 Å². The summed E-state index contributed by atoms with van der Waals surface area (Å²) in [6, 6.07) is -0.809. The van der Waals surface area contributed by atoms with Crippen LogP contribution >= 0.6 is 11.8 Å². The number of Topliss-reactive ketones (excluding diaryl/α,β-unsaturated/α-hetero) is 1. The number of hydrogen-bond acceptors (Lipinski definition) is 8. The van der Waals surface area contributed by atoms with Gasteiger partial charge in [-0.1, -0.05) is 13.8 Å². The summed E-state index contributed by atoms with van der Waals surface area (Å²) in [5.74, 6) is -0.182. The van der Waals surface area contributed by atoms with E-state index in [1.54, 1.807) is 13.2 Å². The first kappa shape index (κ1) is 20.4. The van der Waals surface area contributed by atoms with Crippen molar-refractivity contribution in [3.63, 3.8) is 0 Å². The van der Waals surface area contributed by atoms with Crippen LogP contribution in [0.1, 0.15) is 33.6 Å². The number of ether oxygens (including phenoxy) is 1. The largest absolute Gasteiger partial charge is 0.511 e. The summed E-state index contributed by atoms with van der Waals surface area (Å²) in [7, 11) is 0. The first-order chi connectivity index (χ1) is 11.6. The number of carbonyl (C=O) groups excluding carboxylic acids is 1. The van der Waals surface area contributed by atoms with Crippen LogP contribution in [0.2, 0.25) is 0 Å². The van der Waals surface area contributed by atoms with E-state index in [1.165, 1.54) is 11.8 Å². The normalized spacial score (nSPS) is 36.7. The summed E-state index contributed by atoms with van der Waals surface area (Å²) >= 11 is 1.29. The van der Waals surface area contributed by atoms with Gasteiger partial charge in [-0.2, -0.15) is 0 Å². The molecule has 0 aromatic carbocycles. The molecule has 2 aliphatic rings. The fourth-order valence-corrected chi connectivity index (χ4v) is 4.14. The quantitative estimate of drug-likeness (QED) is 0.539. The Bertz CT molecular complexity index is 586. The van der Waals surface area contributed by atoms with Gasteiger partial charge in [0.2, 0.25) is 0 Å². The van der Waals surface area contributed by atoms with Gasteiger partial charge in [-0.15, -0.1) is 11.8 Å². The minimum Gasteiger partial charge on any atom is -0.511 e. The minimum absolute atomic E-state index is 0.00297. The standard InChI is InChI=1S/C17H27NO6S/c1-8(12-9(20)5-17(2,3)6-10(12)21)18-13-15(23)14(22)11(7-19)24-16(13)25-4/h11,13-16,19-20,22-23H,5-7H2,1-4H3/t11?,13-,14+,15-,16?/m1/s1. The number of carbonyl (C=O) groups is 1. The molecular weight excluding hydrogens is 346 g/mol. The van der Waals surface area contributed by atoms with Crippen LogP contribution in [0.15, 0.2) is 16.3 Å². The molecule has 0 spiro atoms. The number of allylic oxidation sites excluding steroid dienone is 2. The molecule has 2 unspecified atom stereocenters. The average Bonchev–Trinajstić information content (AvgIpc) is 2.50. The highest BCUT2D eigenvalue weighted by atomic mass is 32.2. The molecule has 0 amide bonds. The lowest BCUT2D eigenvalue weighted by Gasteiger charge is -2.40. The number of rotatable bonds is 4. The molecule has 7 nitrogen and oxygen atoms in total. The van der Waals surface area contributed by atoms with E-state index in [4.69, 9.17) is 4.74 Å². The predicted octanol–water partition coefficient (Wildman–Crippen LogP) is 0.819. The second-order valence-corrected chi connectivity index (χ2v) is 8.35. The molecule has 0 radical (unpaired) electrons. The van der Waals surface area contributed by atoms with Crippen molar-refractivity contribution in [2.45, 2.75) is 63.4 Å². The molecule has 25 heavy (non-hydrogen) atoms. The van der Waals surface area contributed by atoms with Crippen molar-refractivity contribution in [2.24, 2.45) is 10.4 Å². The van der Waals surface area contributed by atoms with Crippen LogP contribution in [-0.4, -0.2) is 74.6 Å². The number of nitrogens with zero attached hydrogens (tertiary/aromatic N) is 1. The number of aliphatic hydroxyl groups excluding tert-OH is 4. The van der Waals surface area contributed by atoms with Gasteiger partial charge in [0.05, 0.1) is 12.2 Å². The van der Waals surface area contributed by atoms with E-state index in [0.29, 0.717) is 18.6 Å². The summed E-state index contributed by atoms with van der Waals surface area (Å²) < 4.78 is 5.59. The van der Waals surface area contributed by atoms with Crippen molar-refractivity contribution < 1.29 is 30.0 Å². The van der Waals surface area contributed by atoms with Crippen LogP contribution in [0.25, 0.3) is 0 Å². The molecule has 1 saturated heterocycles. The molecule has 1 heterocycles. The van der Waals surface area contributed by atoms with Gasteiger partial charge >= 0.3 is 0 Å². The molecule has 2 rings (SSSR count). The monoisotopic (exact) mass is 373 g/mol. The van der Waals surface area contributed by atoms with Crippen LogP contribution in [0.4, 0.5) is 0 Å². The smallest absolute Gasteiger partial charge is 0.168 e. The Morgan fingerprint density at radius 3 is 2.48 bits per heavy atom. The Kier molecular flexibility index (Phi) is 6.32. The van der Waals surface area contributed by atoms with Gasteiger partial charge in [-0.3, -0.25) is 9.79 Å². The van der Waals surface area contributed by atoms with Gasteiger partial charge in [0.1, 0.15) is 35.5 Å². The van der Waals surface area contributed by atoms with Crippen molar-refractivity contribution in [2.75, 3.05) is 12.9 Å². The van der Waals surface area contributed by atoms with Crippen LogP contribution in [0.3, 0.4) is 0 Å². The second-order valence-electron chi connectivity index (χ2n) is 7.41. The SMILES string of the molecule is CSC1OC(CO)[C@H](O)[C@H](O)[C@H]1N=C(C)C1=C(O)CC(C)(C)CC1=O. The van der Waals surface area contributed by atoms with Gasteiger partial charge in [-0.05, 0) is 18.6 Å². The van der Waals surface area contributed by atoms with E-state index in [9.17, 15) is 25.2 Å². The number of thioether (sulfide) groups is 1. The summed E-state index contributed by atoms with van der Waals surface area (Å²) in [6.07, 6.45) is -0.943. The number of aliphatic imine (C=N–C) groups is 1. The van der Waals surface area contributed by atoms with Crippen LogP contribution in [-0.2, 0) is 9.53 Å². The maximum atomic E-state index is 12.4. The number of hydrogen-bond donors (Lipinski definition) is 4. The Balaban J connectivity index is 2.32. The first-order valence-corrected chi connectivity index (χ1v) is 9.55. The lowest BCUT2D eigenvalue weighted by atomic mass is 9.75. The summed E-state index contributed by atoms with van der Waals surface area (Å²) in [4.78, 5) is 16.8. The van der Waals surface area contributed by atoms with Gasteiger partial charge < -0.3 is 25.2 Å². The van der Waals surface area contributed by atoms with E-state index in [2.05, 4.69) is 4.99 Å². The van der Waals surface area contributed by atoms with E-state index in [0.717, 1.165) is 0 Å². The van der Waals surface area contributed by atoms with Gasteiger partial charge in [0, 0.05) is 18.6 Å². The molecule has 4 N–H and O–H groups in total. The maximum Gasteiger partial charge on any atom is 0.168 e. The minimum atomic E-state index is -1.28. The lowest BCUT2D eigenvalue weighted by molar-refractivity contribution is -0.165. The highest BCUT2D eigenvalue weighted by Gasteiger charge is 2.44. The number of ketones is 1. The Morgan fingerprint density at radius 1 is 1.32 bits per heavy atom. The Hall–Kier alpha value is -0.930. The summed E-state index contributed by atoms with van der Waals surface area (Å²) in [6.45, 7) is 5.02. The molecule has 1 fully saturated rings. The molecule has 1 aliphatic heterocycles. The fraction of sp³-hybridized carbons (Fsp3) is 0.765. The average molecular weight is 373 g/mol. The number of aliphatic hydroxyl groups is 4. The predicted molar refractivity (Wildman–Crippen MR) is 95.8 cm³/mol. The first-order valence-electron chi connectivity index (χ1n) is 8.26. The third kappa shape index (κ3) is 4.25. The lowest BCUT2D eigenvalue weighted by Crippen LogP contribution is -2.57. The topological polar surface area (TPSA) is 120 Å². The molecule has 0 saturated carbocycles. The van der Waals surface area contributed by atoms with Crippen molar-refractivity contribution in [3.8, 4) is 0 Å².